The Hall–Kier alpha value is -2.83. The summed E-state index contributed by atoms with van der Waals surface area (Å²) in [5.41, 5.74) is 5.97. The second kappa shape index (κ2) is 6.08. The third-order valence-corrected chi connectivity index (χ3v) is 2.65. The van der Waals surface area contributed by atoms with Crippen LogP contribution in [-0.4, -0.2) is 17.6 Å². The molecule has 7 heteroatoms. The number of nitrogens with one attached hydrogen (secondary N) is 1. The molecule has 0 atom stereocenters. The van der Waals surface area contributed by atoms with Crippen LogP contribution in [0.1, 0.15) is 10.4 Å². The van der Waals surface area contributed by atoms with Gasteiger partial charge in [-0.1, -0.05) is 6.07 Å². The third-order valence-electron chi connectivity index (χ3n) is 2.65. The molecule has 4 N–H and O–H groups in total. The Kier molecular flexibility index (Phi) is 4.22. The highest BCUT2D eigenvalue weighted by Gasteiger charge is 2.13. The normalized spacial score (nSPS) is 10.4. The summed E-state index contributed by atoms with van der Waals surface area (Å²) in [4.78, 5) is 12.0. The molecule has 0 saturated heterocycles. The topological polar surface area (TPSA) is 84.6 Å². The zero-order valence-corrected chi connectivity index (χ0v) is 10.7. The minimum absolute atomic E-state index is 0.0166. The smallest absolute Gasteiger partial charge is 0.387 e. The van der Waals surface area contributed by atoms with Crippen LogP contribution in [0, 0.1) is 0 Å². The average molecular weight is 294 g/mol. The highest BCUT2D eigenvalue weighted by atomic mass is 19.3. The van der Waals surface area contributed by atoms with Crippen molar-refractivity contribution in [2.24, 2.45) is 0 Å². The third kappa shape index (κ3) is 3.59. The van der Waals surface area contributed by atoms with E-state index in [4.69, 9.17) is 5.73 Å². The lowest BCUT2D eigenvalue weighted by atomic mass is 10.1. The number of halogens is 2. The highest BCUT2D eigenvalue weighted by Crippen LogP contribution is 2.25. The van der Waals surface area contributed by atoms with Crippen molar-refractivity contribution in [3.8, 4) is 11.5 Å². The van der Waals surface area contributed by atoms with Gasteiger partial charge in [0.1, 0.15) is 5.75 Å². The molecular weight excluding hydrogens is 282 g/mol. The van der Waals surface area contributed by atoms with Crippen LogP contribution in [0.2, 0.25) is 0 Å². The van der Waals surface area contributed by atoms with Gasteiger partial charge in [0, 0.05) is 5.69 Å². The second-order valence-electron chi connectivity index (χ2n) is 4.10. The van der Waals surface area contributed by atoms with Crippen LogP contribution >= 0.6 is 0 Å². The Morgan fingerprint density at radius 2 is 1.86 bits per heavy atom. The molecule has 5 nitrogen and oxygen atoms in total. The molecule has 2 aromatic carbocycles. The Morgan fingerprint density at radius 1 is 1.19 bits per heavy atom. The zero-order chi connectivity index (χ0) is 15.4. The number of ether oxygens (including phenoxy) is 1. The summed E-state index contributed by atoms with van der Waals surface area (Å²) in [5.74, 6) is -0.898. The first kappa shape index (κ1) is 14.6. The predicted molar refractivity (Wildman–Crippen MR) is 73.5 cm³/mol. The summed E-state index contributed by atoms with van der Waals surface area (Å²) in [7, 11) is 0. The Balaban J connectivity index is 2.11. The first-order chi connectivity index (χ1) is 9.97. The van der Waals surface area contributed by atoms with Crippen molar-refractivity contribution >= 4 is 17.3 Å². The van der Waals surface area contributed by atoms with E-state index in [-0.39, 0.29) is 22.7 Å². The molecule has 0 heterocycles. The fourth-order valence-electron chi connectivity index (χ4n) is 1.66. The average Bonchev–Trinajstić information content (AvgIpc) is 2.43. The summed E-state index contributed by atoms with van der Waals surface area (Å²) < 4.78 is 28.2. The van der Waals surface area contributed by atoms with E-state index in [0.29, 0.717) is 5.69 Å². The number of phenolic OH excluding ortho intramolecular Hbond substituents is 1. The summed E-state index contributed by atoms with van der Waals surface area (Å²) in [6, 6.07) is 9.79. The van der Waals surface area contributed by atoms with Crippen LogP contribution in [0.25, 0.3) is 0 Å². The van der Waals surface area contributed by atoms with Gasteiger partial charge in [-0.25, -0.2) is 0 Å². The van der Waals surface area contributed by atoms with E-state index in [2.05, 4.69) is 10.1 Å². The number of aromatic hydroxyl groups is 1. The molecular formula is C14H12F2N2O3. The highest BCUT2D eigenvalue weighted by molar-refractivity contribution is 6.07. The van der Waals surface area contributed by atoms with E-state index in [1.165, 1.54) is 42.5 Å². The van der Waals surface area contributed by atoms with Crippen molar-refractivity contribution < 1.29 is 23.4 Å². The fourth-order valence-corrected chi connectivity index (χ4v) is 1.66. The molecule has 21 heavy (non-hydrogen) atoms. The van der Waals surface area contributed by atoms with Gasteiger partial charge in [-0.3, -0.25) is 4.79 Å². The van der Waals surface area contributed by atoms with Crippen molar-refractivity contribution in [1.82, 2.24) is 0 Å². The number of benzene rings is 2. The molecule has 0 radical (unpaired) electrons. The SMILES string of the molecule is Nc1cccc(C(=O)Nc2ccc(OC(F)F)cc2)c1O. The van der Waals surface area contributed by atoms with E-state index >= 15 is 0 Å². The van der Waals surface area contributed by atoms with E-state index in [0.717, 1.165) is 0 Å². The molecule has 0 aliphatic carbocycles. The van der Waals surface area contributed by atoms with E-state index in [9.17, 15) is 18.7 Å². The lowest BCUT2D eigenvalue weighted by Crippen LogP contribution is -2.12. The first-order valence-corrected chi connectivity index (χ1v) is 5.91. The van der Waals surface area contributed by atoms with Gasteiger partial charge in [0.05, 0.1) is 11.3 Å². The number of hydrogen-bond acceptors (Lipinski definition) is 4. The van der Waals surface area contributed by atoms with Gasteiger partial charge in [0.25, 0.3) is 5.91 Å². The molecule has 110 valence electrons. The number of phenols is 1. The van der Waals surface area contributed by atoms with Crippen molar-refractivity contribution in [1.29, 1.82) is 0 Å². The van der Waals surface area contributed by atoms with Crippen LogP contribution in [0.3, 0.4) is 0 Å². The lowest BCUT2D eigenvalue weighted by Gasteiger charge is -2.09. The molecule has 0 bridgehead atoms. The van der Waals surface area contributed by atoms with E-state index < -0.39 is 12.5 Å². The number of nitrogen functional groups attached to an aromatic ring is 1. The van der Waals surface area contributed by atoms with Gasteiger partial charge in [0.15, 0.2) is 5.75 Å². The molecule has 1 amide bonds. The van der Waals surface area contributed by atoms with Crippen LogP contribution < -0.4 is 15.8 Å². The lowest BCUT2D eigenvalue weighted by molar-refractivity contribution is -0.0498. The summed E-state index contributed by atoms with van der Waals surface area (Å²) >= 11 is 0. The van der Waals surface area contributed by atoms with Crippen molar-refractivity contribution in [2.75, 3.05) is 11.1 Å². The number of para-hydroxylation sites is 1. The minimum Gasteiger partial charge on any atom is -0.505 e. The molecule has 0 aromatic heterocycles. The number of rotatable bonds is 4. The van der Waals surface area contributed by atoms with Crippen LogP contribution in [0.5, 0.6) is 11.5 Å². The maximum Gasteiger partial charge on any atom is 0.387 e. The Bertz CT molecular complexity index is 645. The summed E-state index contributed by atoms with van der Waals surface area (Å²) in [6.45, 7) is -2.91. The van der Waals surface area contributed by atoms with Gasteiger partial charge in [0.2, 0.25) is 0 Å². The van der Waals surface area contributed by atoms with Gasteiger partial charge in [-0.2, -0.15) is 8.78 Å². The summed E-state index contributed by atoms with van der Waals surface area (Å²) in [6.07, 6.45) is 0. The number of alkyl halides is 2. The molecule has 0 spiro atoms. The number of hydrogen-bond donors (Lipinski definition) is 3. The first-order valence-electron chi connectivity index (χ1n) is 5.91. The van der Waals surface area contributed by atoms with Crippen molar-refractivity contribution in [3.63, 3.8) is 0 Å². The number of carbonyl (C=O) groups is 1. The van der Waals surface area contributed by atoms with Crippen LogP contribution in [0.15, 0.2) is 42.5 Å². The van der Waals surface area contributed by atoms with E-state index in [1.807, 2.05) is 0 Å². The molecule has 0 aliphatic heterocycles. The molecule has 0 fully saturated rings. The van der Waals surface area contributed by atoms with Gasteiger partial charge < -0.3 is 20.9 Å². The van der Waals surface area contributed by atoms with Gasteiger partial charge in [-0.15, -0.1) is 0 Å². The Labute approximate surface area is 119 Å². The van der Waals surface area contributed by atoms with Crippen molar-refractivity contribution in [2.45, 2.75) is 6.61 Å². The zero-order valence-electron chi connectivity index (χ0n) is 10.7. The molecule has 0 unspecified atom stereocenters. The second-order valence-corrected chi connectivity index (χ2v) is 4.10. The predicted octanol–water partition coefficient (Wildman–Crippen LogP) is 2.83. The van der Waals surface area contributed by atoms with Crippen molar-refractivity contribution in [3.05, 3.63) is 48.0 Å². The summed E-state index contributed by atoms with van der Waals surface area (Å²) in [5, 5.41) is 12.2. The van der Waals surface area contributed by atoms with Gasteiger partial charge in [-0.05, 0) is 36.4 Å². The quantitative estimate of drug-likeness (QED) is 0.598. The molecule has 0 saturated carbocycles. The Morgan fingerprint density at radius 3 is 2.48 bits per heavy atom. The number of nitrogens with two attached hydrogens (primary N) is 1. The van der Waals surface area contributed by atoms with Crippen LogP contribution in [0.4, 0.5) is 20.2 Å². The monoisotopic (exact) mass is 294 g/mol. The number of amides is 1. The minimum atomic E-state index is -2.91. The number of carbonyl (C=O) groups excluding carboxylic acids is 1. The fraction of sp³-hybridized carbons (Fsp3) is 0.0714. The largest absolute Gasteiger partial charge is 0.505 e. The van der Waals surface area contributed by atoms with Gasteiger partial charge >= 0.3 is 6.61 Å². The molecule has 2 aromatic rings. The van der Waals surface area contributed by atoms with E-state index in [1.54, 1.807) is 0 Å². The van der Waals surface area contributed by atoms with Crippen LogP contribution in [-0.2, 0) is 0 Å². The molecule has 0 aliphatic rings. The maximum atomic E-state index is 12.0. The number of anilines is 2. The maximum absolute atomic E-state index is 12.0. The standard InChI is InChI=1S/C14H12F2N2O3/c15-14(16)21-9-6-4-8(5-7-9)18-13(20)10-2-1-3-11(17)12(10)19/h1-7,14,19H,17H2,(H,18,20). The molecule has 2 rings (SSSR count).